The third-order valence-electron chi connectivity index (χ3n) is 8.13. The molecule has 0 unspecified atom stereocenters. The summed E-state index contributed by atoms with van der Waals surface area (Å²) >= 11 is 0. The molecule has 1 atom stereocenters. The number of rotatable bonds is 9. The molecule has 0 saturated heterocycles. The zero-order valence-electron chi connectivity index (χ0n) is 22.8. The van der Waals surface area contributed by atoms with E-state index < -0.39 is 5.41 Å². The summed E-state index contributed by atoms with van der Waals surface area (Å²) in [5, 5.41) is 0. The van der Waals surface area contributed by atoms with E-state index in [1.54, 1.807) is 0 Å². The molecular weight excluding hydrogens is 478 g/mol. The Balaban J connectivity index is 1.62. The van der Waals surface area contributed by atoms with Crippen LogP contribution in [0.2, 0.25) is 0 Å². The summed E-state index contributed by atoms with van der Waals surface area (Å²) in [4.78, 5) is 17.2. The lowest BCUT2D eigenvalue weighted by Crippen LogP contribution is -2.41. The highest BCUT2D eigenvalue weighted by molar-refractivity contribution is 6.17. The van der Waals surface area contributed by atoms with Gasteiger partial charge in [-0.15, -0.1) is 0 Å². The number of hydrogen-bond acceptors (Lipinski definition) is 3. The minimum atomic E-state index is -1.04. The Morgan fingerprint density at radius 1 is 0.718 bits per heavy atom. The summed E-state index contributed by atoms with van der Waals surface area (Å²) in [6, 6.07) is 35.0. The van der Waals surface area contributed by atoms with E-state index in [1.807, 2.05) is 60.7 Å². The van der Waals surface area contributed by atoms with E-state index in [2.05, 4.69) is 61.2 Å². The van der Waals surface area contributed by atoms with Crippen molar-refractivity contribution in [3.8, 4) is 5.75 Å². The van der Waals surface area contributed by atoms with Crippen LogP contribution in [0.4, 0.5) is 5.69 Å². The molecule has 4 aromatic carbocycles. The van der Waals surface area contributed by atoms with E-state index in [-0.39, 0.29) is 5.78 Å². The highest BCUT2D eigenvalue weighted by Crippen LogP contribution is 2.58. The summed E-state index contributed by atoms with van der Waals surface area (Å²) in [5.74, 6) is 1.56. The van der Waals surface area contributed by atoms with Gasteiger partial charge in [0.15, 0.2) is 5.78 Å². The summed E-state index contributed by atoms with van der Waals surface area (Å²) in [5.41, 5.74) is 5.68. The van der Waals surface area contributed by atoms with Crippen LogP contribution in [0.15, 0.2) is 109 Å². The number of carbonyl (C=O) groups is 1. The third kappa shape index (κ3) is 4.08. The topological polar surface area (TPSA) is 29.5 Å². The molecule has 0 amide bonds. The van der Waals surface area contributed by atoms with E-state index in [9.17, 15) is 4.79 Å². The lowest BCUT2D eigenvalue weighted by Gasteiger charge is -2.35. The normalized spacial score (nSPS) is 17.3. The van der Waals surface area contributed by atoms with Crippen LogP contribution < -0.4 is 9.64 Å². The maximum absolute atomic E-state index is 14.7. The summed E-state index contributed by atoms with van der Waals surface area (Å²) in [6.07, 6.45) is 4.60. The number of allylic oxidation sites excluding steroid dienone is 1. The fraction of sp³-hybridized carbons (Fsp3) is 0.250. The van der Waals surface area contributed by atoms with Crippen LogP contribution in [0.3, 0.4) is 0 Å². The smallest absolute Gasteiger partial charge is 0.186 e. The molecule has 0 aromatic heterocycles. The first-order valence-corrected chi connectivity index (χ1v) is 14.3. The molecule has 6 rings (SSSR count). The molecule has 4 aromatic rings. The minimum absolute atomic E-state index is 0.0688. The van der Waals surface area contributed by atoms with Crippen molar-refractivity contribution < 1.29 is 9.53 Å². The number of hydrogen-bond donors (Lipinski definition) is 0. The highest BCUT2D eigenvalue weighted by atomic mass is 16.5. The van der Waals surface area contributed by atoms with Crippen molar-refractivity contribution in [3.63, 3.8) is 0 Å². The molecule has 0 spiro atoms. The molecule has 3 heteroatoms. The van der Waals surface area contributed by atoms with Crippen LogP contribution in [0.5, 0.6) is 5.75 Å². The second-order valence-corrected chi connectivity index (χ2v) is 10.5. The van der Waals surface area contributed by atoms with Gasteiger partial charge in [0.25, 0.3) is 0 Å². The maximum Gasteiger partial charge on any atom is 0.186 e. The predicted octanol–water partition coefficient (Wildman–Crippen LogP) is 8.43. The van der Waals surface area contributed by atoms with Gasteiger partial charge >= 0.3 is 0 Å². The summed E-state index contributed by atoms with van der Waals surface area (Å²) in [6.45, 7) is 6.50. The largest absolute Gasteiger partial charge is 0.459 e. The van der Waals surface area contributed by atoms with Crippen LogP contribution >= 0.6 is 0 Å². The molecule has 1 aliphatic carbocycles. The van der Waals surface area contributed by atoms with Gasteiger partial charge in [0.1, 0.15) is 16.9 Å². The zero-order valence-corrected chi connectivity index (χ0v) is 22.8. The number of fused-ring (bicyclic) bond motifs is 4. The van der Waals surface area contributed by atoms with Crippen molar-refractivity contribution in [2.75, 3.05) is 18.0 Å². The first-order chi connectivity index (χ1) is 19.2. The molecular formula is C36H35NO2. The fourth-order valence-corrected chi connectivity index (χ4v) is 6.16. The van der Waals surface area contributed by atoms with Gasteiger partial charge in [0, 0.05) is 41.5 Å². The van der Waals surface area contributed by atoms with Gasteiger partial charge < -0.3 is 9.64 Å². The van der Waals surface area contributed by atoms with Crippen LogP contribution in [0, 0.1) is 0 Å². The SMILES string of the molecule is CCCCN(CCCC)c1ccc2c(c1)OC1=C(c3ccccc3)c3ccccc3C(=O)[C@]12c1ccccc1. The van der Waals surface area contributed by atoms with Crippen LogP contribution in [0.25, 0.3) is 5.57 Å². The van der Waals surface area contributed by atoms with Crippen LogP contribution in [-0.4, -0.2) is 18.9 Å². The number of unbranched alkanes of at least 4 members (excludes halogenated alkanes) is 2. The fourth-order valence-electron chi connectivity index (χ4n) is 6.16. The van der Waals surface area contributed by atoms with Gasteiger partial charge in [-0.1, -0.05) is 118 Å². The van der Waals surface area contributed by atoms with Gasteiger partial charge in [0.05, 0.1) is 0 Å². The lowest BCUT2D eigenvalue weighted by atomic mass is 9.63. The van der Waals surface area contributed by atoms with Crippen molar-refractivity contribution >= 4 is 17.0 Å². The van der Waals surface area contributed by atoms with Crippen molar-refractivity contribution in [2.24, 2.45) is 0 Å². The molecule has 0 N–H and O–H groups in total. The molecule has 0 fully saturated rings. The van der Waals surface area contributed by atoms with Gasteiger partial charge in [-0.3, -0.25) is 4.79 Å². The Labute approximate surface area is 231 Å². The molecule has 0 saturated carbocycles. The molecule has 1 aliphatic heterocycles. The summed E-state index contributed by atoms with van der Waals surface area (Å²) in [7, 11) is 0. The lowest BCUT2D eigenvalue weighted by molar-refractivity contribution is 0.0921. The van der Waals surface area contributed by atoms with Gasteiger partial charge in [-0.05, 0) is 35.6 Å². The Hall–Kier alpha value is -4.11. The molecule has 3 nitrogen and oxygen atoms in total. The third-order valence-corrected chi connectivity index (χ3v) is 8.13. The molecule has 2 aliphatic rings. The Morgan fingerprint density at radius 2 is 1.33 bits per heavy atom. The van der Waals surface area contributed by atoms with Gasteiger partial charge in [-0.2, -0.15) is 0 Å². The highest BCUT2D eigenvalue weighted by Gasteiger charge is 2.57. The van der Waals surface area contributed by atoms with Crippen molar-refractivity contribution in [2.45, 2.75) is 44.9 Å². The monoisotopic (exact) mass is 513 g/mol. The minimum Gasteiger partial charge on any atom is -0.459 e. The number of carbonyl (C=O) groups excluding carboxylic acids is 1. The number of benzene rings is 4. The number of ketones is 1. The molecule has 196 valence electrons. The van der Waals surface area contributed by atoms with Gasteiger partial charge in [0.2, 0.25) is 0 Å². The second kappa shape index (κ2) is 10.6. The number of ether oxygens (including phenoxy) is 1. The Bertz CT molecular complexity index is 1510. The first kappa shape index (κ1) is 25.2. The van der Waals surface area contributed by atoms with Gasteiger partial charge in [-0.25, -0.2) is 0 Å². The Kier molecular flexibility index (Phi) is 6.83. The summed E-state index contributed by atoms with van der Waals surface area (Å²) < 4.78 is 6.89. The number of anilines is 1. The first-order valence-electron chi connectivity index (χ1n) is 14.3. The van der Waals surface area contributed by atoms with E-state index >= 15 is 0 Å². The van der Waals surface area contributed by atoms with Crippen LogP contribution in [-0.2, 0) is 5.41 Å². The van der Waals surface area contributed by atoms with E-state index in [0.717, 1.165) is 83.6 Å². The maximum atomic E-state index is 14.7. The van der Waals surface area contributed by atoms with E-state index in [1.165, 1.54) is 0 Å². The molecule has 0 radical (unpaired) electrons. The molecule has 0 bridgehead atoms. The standard InChI is InChI=1S/C36H35NO2/c1-3-5-23-37(24-6-4-2)28-21-22-31-32(25-28)39-35-33(26-15-9-7-10-16-26)29-19-13-14-20-30(29)34(38)36(31,35)27-17-11-8-12-18-27/h7-22,25H,3-6,23-24H2,1-2H3/t36-/m1/s1. The van der Waals surface area contributed by atoms with E-state index in [4.69, 9.17) is 4.74 Å². The average Bonchev–Trinajstić information content (AvgIpc) is 3.33. The van der Waals surface area contributed by atoms with Crippen molar-refractivity contribution in [1.82, 2.24) is 0 Å². The van der Waals surface area contributed by atoms with Crippen LogP contribution in [0.1, 0.15) is 72.1 Å². The zero-order chi connectivity index (χ0) is 26.8. The second-order valence-electron chi connectivity index (χ2n) is 10.5. The van der Waals surface area contributed by atoms with Crippen molar-refractivity contribution in [1.29, 1.82) is 0 Å². The average molecular weight is 514 g/mol. The molecule has 39 heavy (non-hydrogen) atoms. The number of nitrogens with zero attached hydrogens (tertiary/aromatic N) is 1. The predicted molar refractivity (Wildman–Crippen MR) is 160 cm³/mol. The quantitative estimate of drug-likeness (QED) is 0.225. The van der Waals surface area contributed by atoms with Crippen molar-refractivity contribution in [3.05, 3.63) is 137 Å². The number of Topliss-reactive ketones (excluding diaryl/α,β-unsaturated/α-hetero) is 1. The molecule has 1 heterocycles. The van der Waals surface area contributed by atoms with E-state index in [0.29, 0.717) is 5.76 Å². The Morgan fingerprint density at radius 3 is 2.00 bits per heavy atom.